The molecule has 0 spiro atoms. The lowest BCUT2D eigenvalue weighted by Gasteiger charge is -2.34. The quantitative estimate of drug-likeness (QED) is 0.433. The van der Waals surface area contributed by atoms with Crippen LogP contribution < -0.4 is 4.74 Å². The Bertz CT molecular complexity index is 999. The number of nitrogens with zero attached hydrogens (tertiary/aromatic N) is 2. The van der Waals surface area contributed by atoms with E-state index in [-0.39, 0.29) is 12.4 Å². The maximum absolute atomic E-state index is 5.53. The Hall–Kier alpha value is -1.85. The van der Waals surface area contributed by atoms with Gasteiger partial charge in [-0.05, 0) is 34.7 Å². The molecule has 1 aliphatic rings. The molecule has 0 aromatic heterocycles. The van der Waals surface area contributed by atoms with Gasteiger partial charge in [-0.15, -0.1) is 12.4 Å². The smallest absolute Gasteiger partial charge is 0.126 e. The van der Waals surface area contributed by atoms with E-state index in [9.17, 15) is 0 Å². The van der Waals surface area contributed by atoms with E-state index in [0.29, 0.717) is 0 Å². The van der Waals surface area contributed by atoms with Crippen LogP contribution >= 0.6 is 28.3 Å². The van der Waals surface area contributed by atoms with Gasteiger partial charge in [0, 0.05) is 49.1 Å². The highest BCUT2D eigenvalue weighted by molar-refractivity contribution is 9.10. The van der Waals surface area contributed by atoms with Gasteiger partial charge >= 0.3 is 0 Å². The van der Waals surface area contributed by atoms with Crippen LogP contribution in [0.3, 0.4) is 0 Å². The van der Waals surface area contributed by atoms with E-state index in [4.69, 9.17) is 4.74 Å². The standard InChI is InChI=1S/C25H27BrN2O.ClH/c1-29-25-12-11-21(23-9-2-3-10-24(23)25)19-28-16-14-27(15-17-28)13-5-7-20-6-4-8-22(26)18-20;/h2-12,18H,13-17,19H2,1H3;1H/b7-5+;. The van der Waals surface area contributed by atoms with Gasteiger partial charge in [0.2, 0.25) is 0 Å². The molecular weight excluding hydrogens is 460 g/mol. The van der Waals surface area contributed by atoms with Gasteiger partial charge < -0.3 is 4.74 Å². The third kappa shape index (κ3) is 5.64. The van der Waals surface area contributed by atoms with Crippen LogP contribution in [0.1, 0.15) is 11.1 Å². The average molecular weight is 488 g/mol. The Morgan fingerprint density at radius 3 is 2.37 bits per heavy atom. The van der Waals surface area contributed by atoms with Crippen LogP contribution in [0.4, 0.5) is 0 Å². The molecule has 3 aromatic carbocycles. The number of methoxy groups -OCH3 is 1. The second-order valence-electron chi connectivity index (χ2n) is 7.51. The van der Waals surface area contributed by atoms with E-state index >= 15 is 0 Å². The van der Waals surface area contributed by atoms with Gasteiger partial charge in [-0.2, -0.15) is 0 Å². The number of hydrogen-bond donors (Lipinski definition) is 0. The van der Waals surface area contributed by atoms with Gasteiger partial charge in [-0.3, -0.25) is 9.80 Å². The summed E-state index contributed by atoms with van der Waals surface area (Å²) in [6, 6.07) is 21.3. The molecule has 30 heavy (non-hydrogen) atoms. The molecule has 3 aromatic rings. The molecule has 0 aliphatic carbocycles. The Kier molecular flexibility index (Phi) is 8.34. The number of benzene rings is 3. The zero-order valence-electron chi connectivity index (χ0n) is 17.3. The first-order chi connectivity index (χ1) is 14.2. The van der Waals surface area contributed by atoms with Crippen molar-refractivity contribution < 1.29 is 4.74 Å². The molecule has 3 nitrogen and oxygen atoms in total. The van der Waals surface area contributed by atoms with Gasteiger partial charge in [-0.25, -0.2) is 0 Å². The van der Waals surface area contributed by atoms with Crippen LogP contribution in [-0.4, -0.2) is 49.6 Å². The predicted octanol–water partition coefficient (Wildman–Crippen LogP) is 5.86. The average Bonchev–Trinajstić information content (AvgIpc) is 2.75. The van der Waals surface area contributed by atoms with Gasteiger partial charge in [0.05, 0.1) is 7.11 Å². The van der Waals surface area contributed by atoms with Gasteiger partial charge in [-0.1, -0.05) is 70.5 Å². The molecule has 1 fully saturated rings. The van der Waals surface area contributed by atoms with Gasteiger partial charge in [0.15, 0.2) is 0 Å². The first kappa shape index (κ1) is 22.8. The Morgan fingerprint density at radius 2 is 1.63 bits per heavy atom. The summed E-state index contributed by atoms with van der Waals surface area (Å²) in [7, 11) is 1.74. The molecule has 0 amide bonds. The summed E-state index contributed by atoms with van der Waals surface area (Å²) in [5, 5.41) is 2.50. The topological polar surface area (TPSA) is 15.7 Å². The Balaban J connectivity index is 0.00000256. The van der Waals surface area contributed by atoms with Crippen molar-refractivity contribution >= 4 is 45.2 Å². The molecule has 0 bridgehead atoms. The van der Waals surface area contributed by atoms with E-state index in [1.54, 1.807) is 7.11 Å². The van der Waals surface area contributed by atoms with Crippen LogP contribution in [0.5, 0.6) is 5.75 Å². The lowest BCUT2D eigenvalue weighted by Crippen LogP contribution is -2.45. The minimum absolute atomic E-state index is 0. The summed E-state index contributed by atoms with van der Waals surface area (Å²) in [5.41, 5.74) is 2.62. The SMILES string of the molecule is COc1ccc(CN2CCN(C/C=C/c3cccc(Br)c3)CC2)c2ccccc12.Cl. The summed E-state index contributed by atoms with van der Waals surface area (Å²) in [6.07, 6.45) is 4.48. The molecule has 0 saturated carbocycles. The molecule has 0 radical (unpaired) electrons. The molecule has 158 valence electrons. The van der Waals surface area contributed by atoms with Crippen LogP contribution in [0.15, 0.2) is 71.2 Å². The second-order valence-corrected chi connectivity index (χ2v) is 8.42. The Labute approximate surface area is 193 Å². The van der Waals surface area contributed by atoms with Gasteiger partial charge in [0.25, 0.3) is 0 Å². The van der Waals surface area contributed by atoms with E-state index in [2.05, 4.69) is 98.5 Å². The normalized spacial score (nSPS) is 15.4. The maximum atomic E-state index is 5.53. The number of rotatable bonds is 6. The van der Waals surface area contributed by atoms with Crippen molar-refractivity contribution in [1.29, 1.82) is 0 Å². The van der Waals surface area contributed by atoms with E-state index in [0.717, 1.165) is 49.5 Å². The zero-order valence-corrected chi connectivity index (χ0v) is 19.7. The number of piperazine rings is 1. The molecule has 0 atom stereocenters. The lowest BCUT2D eigenvalue weighted by atomic mass is 10.0. The summed E-state index contributed by atoms with van der Waals surface area (Å²) in [6.45, 7) is 6.42. The summed E-state index contributed by atoms with van der Waals surface area (Å²) >= 11 is 3.53. The number of ether oxygens (including phenoxy) is 1. The summed E-state index contributed by atoms with van der Waals surface area (Å²) in [5.74, 6) is 0.950. The van der Waals surface area contributed by atoms with Crippen LogP contribution in [0.25, 0.3) is 16.8 Å². The molecule has 0 N–H and O–H groups in total. The largest absolute Gasteiger partial charge is 0.496 e. The molecule has 0 unspecified atom stereocenters. The highest BCUT2D eigenvalue weighted by Crippen LogP contribution is 2.29. The van der Waals surface area contributed by atoms with Crippen LogP contribution in [-0.2, 0) is 6.54 Å². The van der Waals surface area contributed by atoms with Crippen molar-refractivity contribution in [2.75, 3.05) is 39.8 Å². The summed E-state index contributed by atoms with van der Waals surface area (Å²) in [4.78, 5) is 5.08. The van der Waals surface area contributed by atoms with E-state index in [1.807, 2.05) is 0 Å². The fourth-order valence-corrected chi connectivity index (χ4v) is 4.39. The fourth-order valence-electron chi connectivity index (χ4n) is 3.97. The molecule has 4 rings (SSSR count). The van der Waals surface area contributed by atoms with Gasteiger partial charge in [0.1, 0.15) is 5.75 Å². The van der Waals surface area contributed by atoms with Crippen molar-refractivity contribution in [2.24, 2.45) is 0 Å². The predicted molar refractivity (Wildman–Crippen MR) is 133 cm³/mol. The highest BCUT2D eigenvalue weighted by atomic mass is 79.9. The first-order valence-electron chi connectivity index (χ1n) is 10.1. The lowest BCUT2D eigenvalue weighted by molar-refractivity contribution is 0.137. The molecule has 5 heteroatoms. The van der Waals surface area contributed by atoms with Crippen molar-refractivity contribution in [3.63, 3.8) is 0 Å². The molecule has 1 saturated heterocycles. The number of fused-ring (bicyclic) bond motifs is 1. The maximum Gasteiger partial charge on any atom is 0.126 e. The highest BCUT2D eigenvalue weighted by Gasteiger charge is 2.17. The Morgan fingerprint density at radius 1 is 0.900 bits per heavy atom. The van der Waals surface area contributed by atoms with Crippen molar-refractivity contribution in [1.82, 2.24) is 9.80 Å². The van der Waals surface area contributed by atoms with E-state index < -0.39 is 0 Å². The first-order valence-corrected chi connectivity index (χ1v) is 10.9. The fraction of sp³-hybridized carbons (Fsp3) is 0.280. The van der Waals surface area contributed by atoms with Crippen LogP contribution in [0, 0.1) is 0 Å². The van der Waals surface area contributed by atoms with E-state index in [1.165, 1.54) is 21.9 Å². The zero-order chi connectivity index (χ0) is 20.1. The van der Waals surface area contributed by atoms with Crippen molar-refractivity contribution in [3.05, 3.63) is 82.3 Å². The van der Waals surface area contributed by atoms with Crippen LogP contribution in [0.2, 0.25) is 0 Å². The molecular formula is C25H28BrClN2O. The molecule has 1 aliphatic heterocycles. The van der Waals surface area contributed by atoms with Crippen molar-refractivity contribution in [2.45, 2.75) is 6.54 Å². The third-order valence-electron chi connectivity index (χ3n) is 5.58. The minimum atomic E-state index is 0. The summed E-state index contributed by atoms with van der Waals surface area (Å²) < 4.78 is 6.66. The number of halogens is 2. The van der Waals surface area contributed by atoms with Crippen molar-refractivity contribution in [3.8, 4) is 5.75 Å². The molecule has 1 heterocycles. The monoisotopic (exact) mass is 486 g/mol. The number of hydrogen-bond acceptors (Lipinski definition) is 3. The second kappa shape index (κ2) is 11.0. The minimum Gasteiger partial charge on any atom is -0.496 e. The third-order valence-corrected chi connectivity index (χ3v) is 6.07.